The van der Waals surface area contributed by atoms with Crippen molar-refractivity contribution in [3.63, 3.8) is 0 Å². The second-order valence-electron chi connectivity index (χ2n) is 5.12. The zero-order valence-electron chi connectivity index (χ0n) is 12.4. The molecule has 0 saturated heterocycles. The summed E-state index contributed by atoms with van der Waals surface area (Å²) in [5.74, 6) is 0.0798. The van der Waals surface area contributed by atoms with Gasteiger partial charge in [-0.25, -0.2) is 0 Å². The Morgan fingerprint density at radius 2 is 1.67 bits per heavy atom. The molecule has 0 aliphatic carbocycles. The summed E-state index contributed by atoms with van der Waals surface area (Å²) in [7, 11) is 0. The summed E-state index contributed by atoms with van der Waals surface area (Å²) in [6.07, 6.45) is 0.499. The van der Waals surface area contributed by atoms with Crippen molar-refractivity contribution in [2.24, 2.45) is 0 Å². The lowest BCUT2D eigenvalue weighted by molar-refractivity contribution is -0.121. The number of carbonyl (C=O) groups excluding carboxylic acids is 1. The van der Waals surface area contributed by atoms with Gasteiger partial charge >= 0.3 is 0 Å². The molecule has 3 heteroatoms. The van der Waals surface area contributed by atoms with E-state index in [-0.39, 0.29) is 5.91 Å². The second kappa shape index (κ2) is 8.22. The molecule has 2 rings (SSSR count). The molecule has 1 amide bonds. The number of amides is 1. The van der Waals surface area contributed by atoms with E-state index in [1.165, 1.54) is 11.1 Å². The smallest absolute Gasteiger partial charge is 0.221 e. The number of aryl methyl sites for hydroxylation is 1. The van der Waals surface area contributed by atoms with Crippen LogP contribution in [0.1, 0.15) is 23.1 Å². The van der Waals surface area contributed by atoms with Crippen LogP contribution in [0.3, 0.4) is 0 Å². The lowest BCUT2D eigenvalue weighted by atomic mass is 10.1. The molecule has 0 aromatic heterocycles. The lowest BCUT2D eigenvalue weighted by Gasteiger charge is -2.08. The fourth-order valence-electron chi connectivity index (χ4n) is 2.12. The summed E-state index contributed by atoms with van der Waals surface area (Å²) >= 11 is 0. The molecule has 2 aromatic rings. The molecule has 0 spiro atoms. The minimum Gasteiger partial charge on any atom is -0.352 e. The predicted octanol–water partition coefficient (Wildman–Crippen LogP) is 2.79. The number of benzene rings is 2. The van der Waals surface area contributed by atoms with Gasteiger partial charge in [0.05, 0.1) is 0 Å². The molecule has 0 radical (unpaired) electrons. The topological polar surface area (TPSA) is 41.1 Å². The minimum atomic E-state index is 0.0798. The molecule has 0 atom stereocenters. The van der Waals surface area contributed by atoms with Crippen LogP contribution in [0.25, 0.3) is 0 Å². The molecule has 0 aliphatic rings. The van der Waals surface area contributed by atoms with Gasteiger partial charge < -0.3 is 10.6 Å². The van der Waals surface area contributed by atoms with E-state index in [0.29, 0.717) is 19.5 Å². The average molecular weight is 282 g/mol. The Hall–Kier alpha value is -2.13. The molecule has 2 aromatic carbocycles. The number of hydrogen-bond acceptors (Lipinski definition) is 2. The van der Waals surface area contributed by atoms with Crippen molar-refractivity contribution in [3.8, 4) is 0 Å². The fourth-order valence-corrected chi connectivity index (χ4v) is 2.12. The summed E-state index contributed by atoms with van der Waals surface area (Å²) in [6.45, 7) is 4.19. The summed E-state index contributed by atoms with van der Waals surface area (Å²) < 4.78 is 0. The number of nitrogens with one attached hydrogen (secondary N) is 2. The van der Waals surface area contributed by atoms with Gasteiger partial charge in [-0.2, -0.15) is 0 Å². The molecule has 2 N–H and O–H groups in total. The van der Waals surface area contributed by atoms with Crippen LogP contribution in [0.4, 0.5) is 0 Å². The van der Waals surface area contributed by atoms with E-state index in [9.17, 15) is 4.79 Å². The van der Waals surface area contributed by atoms with Gasteiger partial charge in [0.2, 0.25) is 5.91 Å². The molecule has 0 heterocycles. The molecule has 3 nitrogen and oxygen atoms in total. The largest absolute Gasteiger partial charge is 0.352 e. The van der Waals surface area contributed by atoms with Crippen molar-refractivity contribution in [3.05, 3.63) is 71.3 Å². The van der Waals surface area contributed by atoms with E-state index in [0.717, 1.165) is 12.1 Å². The van der Waals surface area contributed by atoms with Gasteiger partial charge in [0.15, 0.2) is 0 Å². The van der Waals surface area contributed by atoms with Crippen molar-refractivity contribution in [1.29, 1.82) is 0 Å². The molecule has 21 heavy (non-hydrogen) atoms. The Bertz CT molecular complexity index is 566. The van der Waals surface area contributed by atoms with Crippen LogP contribution in [0.5, 0.6) is 0 Å². The van der Waals surface area contributed by atoms with E-state index in [1.54, 1.807) is 0 Å². The monoisotopic (exact) mass is 282 g/mol. The molecule has 110 valence electrons. The van der Waals surface area contributed by atoms with Gasteiger partial charge in [-0.3, -0.25) is 4.79 Å². The Labute approximate surface area is 126 Å². The maximum atomic E-state index is 11.7. The number of rotatable bonds is 7. The molecular formula is C18H22N2O. The quantitative estimate of drug-likeness (QED) is 0.767. The zero-order chi connectivity index (χ0) is 14.9. The van der Waals surface area contributed by atoms with E-state index in [1.807, 2.05) is 42.5 Å². The minimum absolute atomic E-state index is 0.0798. The van der Waals surface area contributed by atoms with Gasteiger partial charge in [0.1, 0.15) is 0 Å². The Kier molecular flexibility index (Phi) is 5.98. The Morgan fingerprint density at radius 1 is 0.952 bits per heavy atom. The van der Waals surface area contributed by atoms with Crippen LogP contribution < -0.4 is 10.6 Å². The van der Waals surface area contributed by atoms with Gasteiger partial charge in [-0.15, -0.1) is 0 Å². The highest BCUT2D eigenvalue weighted by Gasteiger charge is 2.01. The SMILES string of the molecule is Cc1ccccc1CNCCC(=O)NCc1ccccc1. The molecule has 0 aliphatic heterocycles. The standard InChI is InChI=1S/C18H22N2O/c1-15-7-5-6-10-17(15)14-19-12-11-18(21)20-13-16-8-3-2-4-9-16/h2-10,19H,11-14H2,1H3,(H,20,21). The van der Waals surface area contributed by atoms with E-state index in [2.05, 4.69) is 29.7 Å². The third-order valence-corrected chi connectivity index (χ3v) is 3.44. The van der Waals surface area contributed by atoms with Crippen LogP contribution >= 0.6 is 0 Å². The highest BCUT2D eigenvalue weighted by atomic mass is 16.1. The number of hydrogen-bond donors (Lipinski definition) is 2. The van der Waals surface area contributed by atoms with Crippen LogP contribution in [0.15, 0.2) is 54.6 Å². The maximum Gasteiger partial charge on any atom is 0.221 e. The van der Waals surface area contributed by atoms with Crippen molar-refractivity contribution in [2.45, 2.75) is 26.4 Å². The number of carbonyl (C=O) groups is 1. The third kappa shape index (κ3) is 5.40. The molecule has 0 fully saturated rings. The average Bonchev–Trinajstić information content (AvgIpc) is 2.52. The first-order valence-corrected chi connectivity index (χ1v) is 7.31. The summed E-state index contributed by atoms with van der Waals surface area (Å²) in [5, 5.41) is 6.24. The van der Waals surface area contributed by atoms with Gasteiger partial charge in [0, 0.05) is 26.1 Å². The van der Waals surface area contributed by atoms with Crippen LogP contribution in [0.2, 0.25) is 0 Å². The molecule has 0 unspecified atom stereocenters. The first-order valence-electron chi connectivity index (χ1n) is 7.31. The summed E-state index contributed by atoms with van der Waals surface area (Å²) in [4.78, 5) is 11.7. The second-order valence-corrected chi connectivity index (χ2v) is 5.12. The van der Waals surface area contributed by atoms with Crippen LogP contribution in [-0.4, -0.2) is 12.5 Å². The normalized spacial score (nSPS) is 10.3. The summed E-state index contributed by atoms with van der Waals surface area (Å²) in [5.41, 5.74) is 3.68. The van der Waals surface area contributed by atoms with Gasteiger partial charge in [-0.05, 0) is 23.6 Å². The van der Waals surface area contributed by atoms with Gasteiger partial charge in [0.25, 0.3) is 0 Å². The van der Waals surface area contributed by atoms with E-state index in [4.69, 9.17) is 0 Å². The highest BCUT2D eigenvalue weighted by molar-refractivity contribution is 5.76. The van der Waals surface area contributed by atoms with Crippen LogP contribution in [-0.2, 0) is 17.9 Å². The van der Waals surface area contributed by atoms with E-state index >= 15 is 0 Å². The molecular weight excluding hydrogens is 260 g/mol. The van der Waals surface area contributed by atoms with Crippen molar-refractivity contribution in [2.75, 3.05) is 6.54 Å². The molecule has 0 bridgehead atoms. The Morgan fingerprint density at radius 3 is 2.43 bits per heavy atom. The van der Waals surface area contributed by atoms with Gasteiger partial charge in [-0.1, -0.05) is 54.6 Å². The van der Waals surface area contributed by atoms with Crippen LogP contribution in [0, 0.1) is 6.92 Å². The zero-order valence-corrected chi connectivity index (χ0v) is 12.4. The predicted molar refractivity (Wildman–Crippen MR) is 85.8 cm³/mol. The Balaban J connectivity index is 1.62. The van der Waals surface area contributed by atoms with E-state index < -0.39 is 0 Å². The van der Waals surface area contributed by atoms with Crippen molar-refractivity contribution < 1.29 is 4.79 Å². The summed E-state index contributed by atoms with van der Waals surface area (Å²) in [6, 6.07) is 18.2. The van der Waals surface area contributed by atoms with Crippen molar-refractivity contribution >= 4 is 5.91 Å². The maximum absolute atomic E-state index is 11.7. The lowest BCUT2D eigenvalue weighted by Crippen LogP contribution is -2.27. The first-order chi connectivity index (χ1) is 10.3. The fraction of sp³-hybridized carbons (Fsp3) is 0.278. The molecule has 0 saturated carbocycles. The van der Waals surface area contributed by atoms with Crippen molar-refractivity contribution in [1.82, 2.24) is 10.6 Å². The first kappa shape index (κ1) is 15.3. The third-order valence-electron chi connectivity index (χ3n) is 3.44. The highest BCUT2D eigenvalue weighted by Crippen LogP contribution is 2.05.